The molecule has 1 atom stereocenters. The Morgan fingerprint density at radius 3 is 2.05 bits per heavy atom. The number of rotatable bonds is 8. The van der Waals surface area contributed by atoms with Gasteiger partial charge in [-0.3, -0.25) is 19.4 Å². The van der Waals surface area contributed by atoms with Crippen molar-refractivity contribution in [3.8, 4) is 0 Å². The van der Waals surface area contributed by atoms with Crippen LogP contribution in [0.4, 0.5) is 11.4 Å². The zero-order chi connectivity index (χ0) is 27.3. The molecular weight excluding hydrogens is 480 g/mol. The van der Waals surface area contributed by atoms with E-state index in [1.54, 1.807) is 53.5 Å². The van der Waals surface area contributed by atoms with Crippen LogP contribution >= 0.6 is 0 Å². The topological polar surface area (TPSA) is 97.3 Å². The molecule has 3 amide bonds. The van der Waals surface area contributed by atoms with Gasteiger partial charge in [-0.25, -0.2) is 5.01 Å². The van der Waals surface area contributed by atoms with Crippen LogP contribution in [0.25, 0.3) is 0 Å². The first-order valence-electron chi connectivity index (χ1n) is 12.6. The van der Waals surface area contributed by atoms with Crippen molar-refractivity contribution in [3.05, 3.63) is 96.1 Å². The Kier molecular flexibility index (Phi) is 7.87. The number of anilines is 2. The highest BCUT2D eigenvalue weighted by molar-refractivity contribution is 6.28. The number of para-hydroxylation sites is 2. The van der Waals surface area contributed by atoms with Gasteiger partial charge in [-0.1, -0.05) is 68.4 Å². The highest BCUT2D eigenvalue weighted by Gasteiger charge is 2.59. The zero-order valence-electron chi connectivity index (χ0n) is 22.0. The van der Waals surface area contributed by atoms with E-state index in [9.17, 15) is 14.4 Å². The van der Waals surface area contributed by atoms with E-state index in [1.807, 2.05) is 62.2 Å². The summed E-state index contributed by atoms with van der Waals surface area (Å²) >= 11 is 0. The fraction of sp³-hybridized carbons (Fsp3) is 0.241. The lowest BCUT2D eigenvalue weighted by atomic mass is 10.0. The summed E-state index contributed by atoms with van der Waals surface area (Å²) in [5, 5.41) is 15.3. The van der Waals surface area contributed by atoms with E-state index < -0.39 is 23.4 Å². The first kappa shape index (κ1) is 26.6. The molecule has 38 heavy (non-hydrogen) atoms. The van der Waals surface area contributed by atoms with Crippen molar-refractivity contribution in [3.63, 3.8) is 0 Å². The molecule has 9 heteroatoms. The molecule has 1 heterocycles. The summed E-state index contributed by atoms with van der Waals surface area (Å²) in [6.07, 6.45) is 0. The zero-order valence-corrected chi connectivity index (χ0v) is 22.0. The van der Waals surface area contributed by atoms with Crippen molar-refractivity contribution in [2.45, 2.75) is 33.4 Å². The lowest BCUT2D eigenvalue weighted by Crippen LogP contribution is -2.75. The molecule has 0 saturated carbocycles. The Morgan fingerprint density at radius 1 is 0.895 bits per heavy atom. The summed E-state index contributed by atoms with van der Waals surface area (Å²) < 4.78 is 0. The minimum atomic E-state index is -1.87. The van der Waals surface area contributed by atoms with Crippen LogP contribution in [0.2, 0.25) is 0 Å². The Bertz CT molecular complexity index is 1340. The highest BCUT2D eigenvalue weighted by Crippen LogP contribution is 2.35. The Balaban J connectivity index is 1.97. The van der Waals surface area contributed by atoms with Gasteiger partial charge in [0.25, 0.3) is 11.6 Å². The molecule has 4 rings (SSSR count). The quantitative estimate of drug-likeness (QED) is 0.355. The van der Waals surface area contributed by atoms with Gasteiger partial charge in [0.15, 0.2) is 5.84 Å². The number of hydrazone groups is 1. The predicted octanol–water partition coefficient (Wildman–Crippen LogP) is 3.68. The first-order chi connectivity index (χ1) is 18.3. The highest BCUT2D eigenvalue weighted by atomic mass is 16.2. The van der Waals surface area contributed by atoms with E-state index in [1.165, 1.54) is 11.9 Å². The minimum Gasteiger partial charge on any atom is -0.318 e. The number of carbonyl (C=O) groups is 3. The van der Waals surface area contributed by atoms with Gasteiger partial charge in [0, 0.05) is 25.6 Å². The molecule has 0 bridgehead atoms. The summed E-state index contributed by atoms with van der Waals surface area (Å²) in [7, 11) is 0. The normalized spacial score (nSPS) is 16.8. The minimum absolute atomic E-state index is 0.00874. The van der Waals surface area contributed by atoms with E-state index >= 15 is 0 Å². The fourth-order valence-corrected chi connectivity index (χ4v) is 4.57. The van der Waals surface area contributed by atoms with Crippen LogP contribution in [-0.2, 0) is 9.59 Å². The number of nitrogens with one attached hydrogen (secondary N) is 2. The molecular formula is C29H32N6O3. The van der Waals surface area contributed by atoms with Crippen LogP contribution in [0.3, 0.4) is 0 Å². The second-order valence-corrected chi connectivity index (χ2v) is 8.85. The van der Waals surface area contributed by atoms with E-state index in [2.05, 4.69) is 15.7 Å². The Hall–Kier alpha value is -4.50. The van der Waals surface area contributed by atoms with Gasteiger partial charge in [0.2, 0.25) is 5.91 Å². The molecule has 9 nitrogen and oxygen atoms in total. The van der Waals surface area contributed by atoms with E-state index in [-0.39, 0.29) is 5.84 Å². The lowest BCUT2D eigenvalue weighted by molar-refractivity contribution is -0.129. The summed E-state index contributed by atoms with van der Waals surface area (Å²) in [6.45, 7) is 8.24. The Labute approximate surface area is 222 Å². The van der Waals surface area contributed by atoms with Gasteiger partial charge in [-0.15, -0.1) is 5.10 Å². The van der Waals surface area contributed by atoms with Crippen molar-refractivity contribution >= 4 is 34.9 Å². The Morgan fingerprint density at radius 2 is 1.47 bits per heavy atom. The van der Waals surface area contributed by atoms with E-state index in [0.29, 0.717) is 30.0 Å². The number of carbonyl (C=O) groups excluding carboxylic acids is 3. The smallest absolute Gasteiger partial charge is 0.303 e. The molecule has 3 aromatic rings. The second-order valence-electron chi connectivity index (χ2n) is 8.85. The van der Waals surface area contributed by atoms with Gasteiger partial charge in [0.1, 0.15) is 0 Å². The van der Waals surface area contributed by atoms with Gasteiger partial charge < -0.3 is 10.6 Å². The lowest BCUT2D eigenvalue weighted by Gasteiger charge is -2.47. The molecule has 0 radical (unpaired) electrons. The van der Waals surface area contributed by atoms with Crippen molar-refractivity contribution in [1.82, 2.24) is 15.6 Å². The maximum atomic E-state index is 14.5. The summed E-state index contributed by atoms with van der Waals surface area (Å²) in [6, 6.07) is 25.2. The van der Waals surface area contributed by atoms with Gasteiger partial charge in [0.05, 0.1) is 11.4 Å². The van der Waals surface area contributed by atoms with Crippen molar-refractivity contribution < 1.29 is 14.4 Å². The third kappa shape index (κ3) is 4.88. The number of hydrogen-bond acceptors (Lipinski definition) is 6. The maximum absolute atomic E-state index is 14.5. The SMILES string of the molecule is CCN(CC)N(c1ccccc1C)C1(NC(C)=O)C(=O)N(c2ccccc2)N=C1NC(=O)c1ccccc1. The van der Waals surface area contributed by atoms with Crippen LogP contribution < -0.4 is 20.7 Å². The van der Waals surface area contributed by atoms with Crippen LogP contribution in [-0.4, -0.2) is 47.3 Å². The predicted molar refractivity (Wildman–Crippen MR) is 148 cm³/mol. The molecule has 0 aromatic heterocycles. The van der Waals surface area contributed by atoms with E-state index in [4.69, 9.17) is 0 Å². The third-order valence-electron chi connectivity index (χ3n) is 6.34. The van der Waals surface area contributed by atoms with E-state index in [0.717, 1.165) is 5.56 Å². The maximum Gasteiger partial charge on any atom is 0.303 e. The third-order valence-corrected chi connectivity index (χ3v) is 6.34. The average Bonchev–Trinajstić information content (AvgIpc) is 3.19. The number of hydrazine groups is 1. The van der Waals surface area contributed by atoms with Crippen molar-refractivity contribution in [1.29, 1.82) is 0 Å². The van der Waals surface area contributed by atoms with Crippen LogP contribution in [0, 0.1) is 6.92 Å². The number of aryl methyl sites for hydroxylation is 1. The molecule has 3 aromatic carbocycles. The number of amides is 3. The monoisotopic (exact) mass is 512 g/mol. The van der Waals surface area contributed by atoms with Gasteiger partial charge in [-0.2, -0.15) is 5.01 Å². The summed E-state index contributed by atoms with van der Waals surface area (Å²) in [4.78, 5) is 40.7. The number of benzene rings is 3. The van der Waals surface area contributed by atoms with Crippen molar-refractivity contribution in [2.75, 3.05) is 23.1 Å². The van der Waals surface area contributed by atoms with Crippen LogP contribution in [0.5, 0.6) is 0 Å². The molecule has 0 aliphatic carbocycles. The van der Waals surface area contributed by atoms with Gasteiger partial charge in [-0.05, 0) is 42.8 Å². The molecule has 1 unspecified atom stereocenters. The number of nitrogens with zero attached hydrogens (tertiary/aromatic N) is 4. The van der Waals surface area contributed by atoms with Crippen LogP contribution in [0.15, 0.2) is 90.0 Å². The molecule has 0 fully saturated rings. The molecule has 1 aliphatic rings. The van der Waals surface area contributed by atoms with Crippen molar-refractivity contribution in [2.24, 2.45) is 5.10 Å². The fourth-order valence-electron chi connectivity index (χ4n) is 4.57. The molecule has 0 spiro atoms. The average molecular weight is 513 g/mol. The first-order valence-corrected chi connectivity index (χ1v) is 12.6. The van der Waals surface area contributed by atoms with Gasteiger partial charge >= 0.3 is 5.91 Å². The summed E-state index contributed by atoms with van der Waals surface area (Å²) in [5.41, 5.74) is 0.589. The second kappa shape index (κ2) is 11.3. The largest absolute Gasteiger partial charge is 0.318 e. The molecule has 0 saturated heterocycles. The summed E-state index contributed by atoms with van der Waals surface area (Å²) in [5.74, 6) is -1.45. The number of hydrogen-bond donors (Lipinski definition) is 2. The number of amidine groups is 1. The molecule has 1 aliphatic heterocycles. The molecule has 2 N–H and O–H groups in total. The molecule has 196 valence electrons. The van der Waals surface area contributed by atoms with Crippen LogP contribution in [0.1, 0.15) is 36.7 Å². The standard InChI is InChI=1S/C29H32N6O3/c1-5-33(6-2)35(25-20-14-13-15-21(25)3)29(31-22(4)36)27(30-26(37)23-16-9-7-10-17-23)32-34(28(29)38)24-18-11-8-12-19-24/h7-20H,5-6H2,1-4H3,(H,31,36)(H,30,32,37).